The molecule has 0 fully saturated rings. The van der Waals surface area contributed by atoms with Crippen LogP contribution < -0.4 is 10.1 Å². The van der Waals surface area contributed by atoms with Crippen molar-refractivity contribution in [3.63, 3.8) is 0 Å². The maximum atomic E-state index is 5.25. The van der Waals surface area contributed by atoms with Gasteiger partial charge in [-0.25, -0.2) is 4.98 Å². The van der Waals surface area contributed by atoms with Gasteiger partial charge in [0.25, 0.3) is 0 Å². The number of rotatable bonds is 6. The van der Waals surface area contributed by atoms with E-state index in [0.717, 1.165) is 41.9 Å². The number of guanidine groups is 1. The average molecular weight is 460 g/mol. The Balaban J connectivity index is 0.00000288. The Labute approximate surface area is 165 Å². The summed E-state index contributed by atoms with van der Waals surface area (Å²) in [5, 5.41) is 6.58. The summed E-state index contributed by atoms with van der Waals surface area (Å²) in [5.41, 5.74) is 2.32. The van der Waals surface area contributed by atoms with E-state index in [1.54, 1.807) is 25.5 Å². The third-order valence-corrected chi connectivity index (χ3v) is 4.29. The van der Waals surface area contributed by atoms with Gasteiger partial charge in [0.05, 0.1) is 24.4 Å². The van der Waals surface area contributed by atoms with Crippen LogP contribution in [0.25, 0.3) is 0 Å². The fraction of sp³-hybridized carbons (Fsp3) is 0.412. The number of hydrogen-bond acceptors (Lipinski definition) is 4. The van der Waals surface area contributed by atoms with Gasteiger partial charge >= 0.3 is 0 Å². The molecular formula is C17H25IN4OS. The van der Waals surface area contributed by atoms with Crippen LogP contribution in [0.3, 0.4) is 0 Å². The lowest BCUT2D eigenvalue weighted by Crippen LogP contribution is -2.39. The van der Waals surface area contributed by atoms with E-state index < -0.39 is 0 Å². The molecule has 0 aliphatic heterocycles. The Hall–Kier alpha value is -1.35. The van der Waals surface area contributed by atoms with Crippen LogP contribution in [0.1, 0.15) is 16.3 Å². The molecule has 1 aromatic heterocycles. The van der Waals surface area contributed by atoms with Crippen molar-refractivity contribution in [3.8, 4) is 5.75 Å². The average Bonchev–Trinajstić information content (AvgIpc) is 2.96. The minimum atomic E-state index is 0. The molecule has 0 saturated carbocycles. The van der Waals surface area contributed by atoms with E-state index in [0.29, 0.717) is 0 Å². The van der Waals surface area contributed by atoms with Gasteiger partial charge < -0.3 is 15.0 Å². The maximum absolute atomic E-state index is 5.25. The van der Waals surface area contributed by atoms with Crippen LogP contribution in [-0.2, 0) is 13.0 Å². The van der Waals surface area contributed by atoms with Gasteiger partial charge in [-0.1, -0.05) is 12.1 Å². The van der Waals surface area contributed by atoms with Crippen LogP contribution in [-0.4, -0.2) is 43.6 Å². The number of halogens is 1. The van der Waals surface area contributed by atoms with Gasteiger partial charge in [-0.2, -0.15) is 0 Å². The van der Waals surface area contributed by atoms with Crippen LogP contribution in [0.5, 0.6) is 5.75 Å². The summed E-state index contributed by atoms with van der Waals surface area (Å²) in [4.78, 5) is 10.9. The first-order chi connectivity index (χ1) is 11.1. The second-order valence-corrected chi connectivity index (χ2v) is 6.35. The van der Waals surface area contributed by atoms with Crippen molar-refractivity contribution in [1.29, 1.82) is 0 Å². The van der Waals surface area contributed by atoms with Crippen molar-refractivity contribution in [2.24, 2.45) is 4.99 Å². The second kappa shape index (κ2) is 10.5. The number of nitrogens with zero attached hydrogens (tertiary/aromatic N) is 3. The molecule has 0 spiro atoms. The minimum Gasteiger partial charge on any atom is -0.497 e. The number of aromatic nitrogens is 1. The third kappa shape index (κ3) is 6.27. The molecular weight excluding hydrogens is 435 g/mol. The van der Waals surface area contributed by atoms with Crippen LogP contribution in [0.4, 0.5) is 0 Å². The Bertz CT molecular complexity index is 660. The zero-order chi connectivity index (χ0) is 16.7. The molecule has 24 heavy (non-hydrogen) atoms. The van der Waals surface area contributed by atoms with E-state index in [4.69, 9.17) is 4.74 Å². The highest BCUT2D eigenvalue weighted by Crippen LogP contribution is 2.13. The molecule has 0 saturated heterocycles. The molecule has 7 heteroatoms. The summed E-state index contributed by atoms with van der Waals surface area (Å²) in [6.45, 7) is 3.60. The number of hydrogen-bond donors (Lipinski definition) is 1. The Morgan fingerprint density at radius 2 is 2.21 bits per heavy atom. The molecule has 1 N–H and O–H groups in total. The van der Waals surface area contributed by atoms with Gasteiger partial charge in [0.2, 0.25) is 0 Å². The Kier molecular flexibility index (Phi) is 9.05. The fourth-order valence-corrected chi connectivity index (χ4v) is 2.93. The number of ether oxygens (including phenoxy) is 1. The number of benzene rings is 1. The topological polar surface area (TPSA) is 49.8 Å². The molecule has 0 radical (unpaired) electrons. The van der Waals surface area contributed by atoms with E-state index in [1.165, 1.54) is 5.56 Å². The quantitative estimate of drug-likeness (QED) is 0.408. The van der Waals surface area contributed by atoms with Gasteiger partial charge in [-0.15, -0.1) is 35.3 Å². The molecule has 0 amide bonds. The lowest BCUT2D eigenvalue weighted by atomic mass is 10.1. The largest absolute Gasteiger partial charge is 0.497 e. The van der Waals surface area contributed by atoms with Gasteiger partial charge in [-0.05, 0) is 31.0 Å². The normalized spacial score (nSPS) is 10.9. The minimum absolute atomic E-state index is 0. The van der Waals surface area contributed by atoms with Gasteiger partial charge in [-0.3, -0.25) is 4.99 Å². The van der Waals surface area contributed by atoms with Crippen molar-refractivity contribution < 1.29 is 4.74 Å². The highest BCUT2D eigenvalue weighted by Gasteiger charge is 2.08. The van der Waals surface area contributed by atoms with Gasteiger partial charge in [0.1, 0.15) is 5.75 Å². The van der Waals surface area contributed by atoms with E-state index in [1.807, 2.05) is 26.1 Å². The Morgan fingerprint density at radius 1 is 1.42 bits per heavy atom. The standard InChI is InChI=1S/C17H24N4OS.HI/c1-13-20-15(12-23-13)11-21(3)17(18-2)19-9-8-14-6-5-7-16(10-14)22-4;/h5-7,10,12H,8-9,11H2,1-4H3,(H,18,19);1H. The first-order valence-corrected chi connectivity index (χ1v) is 8.46. The molecule has 0 aliphatic rings. The summed E-state index contributed by atoms with van der Waals surface area (Å²) >= 11 is 1.67. The summed E-state index contributed by atoms with van der Waals surface area (Å²) < 4.78 is 5.25. The highest BCUT2D eigenvalue weighted by molar-refractivity contribution is 14.0. The molecule has 132 valence electrons. The van der Waals surface area contributed by atoms with Crippen molar-refractivity contribution in [2.75, 3.05) is 27.7 Å². The number of aryl methyl sites for hydroxylation is 1. The van der Waals surface area contributed by atoms with Crippen LogP contribution >= 0.6 is 35.3 Å². The summed E-state index contributed by atoms with van der Waals surface area (Å²) in [7, 11) is 5.51. The molecule has 0 bridgehead atoms. The third-order valence-electron chi connectivity index (χ3n) is 3.47. The maximum Gasteiger partial charge on any atom is 0.193 e. The van der Waals surface area contributed by atoms with Crippen LogP contribution in [0, 0.1) is 6.92 Å². The molecule has 0 unspecified atom stereocenters. The number of methoxy groups -OCH3 is 1. The van der Waals surface area contributed by atoms with E-state index >= 15 is 0 Å². The predicted octanol–water partition coefficient (Wildman–Crippen LogP) is 3.33. The van der Waals surface area contributed by atoms with Crippen molar-refractivity contribution >= 4 is 41.3 Å². The fourth-order valence-electron chi connectivity index (χ4n) is 2.33. The molecule has 2 aromatic rings. The molecule has 1 heterocycles. The van der Waals surface area contributed by atoms with Crippen LogP contribution in [0.15, 0.2) is 34.6 Å². The second-order valence-electron chi connectivity index (χ2n) is 5.29. The molecule has 5 nitrogen and oxygen atoms in total. The zero-order valence-corrected chi connectivity index (χ0v) is 17.7. The number of thiazole rings is 1. The molecule has 1 aromatic carbocycles. The monoisotopic (exact) mass is 460 g/mol. The lowest BCUT2D eigenvalue weighted by Gasteiger charge is -2.21. The van der Waals surface area contributed by atoms with E-state index in [-0.39, 0.29) is 24.0 Å². The first-order valence-electron chi connectivity index (χ1n) is 7.58. The molecule has 0 aliphatic carbocycles. The van der Waals surface area contributed by atoms with Gasteiger partial charge in [0.15, 0.2) is 5.96 Å². The summed E-state index contributed by atoms with van der Waals surface area (Å²) in [6, 6.07) is 8.14. The summed E-state index contributed by atoms with van der Waals surface area (Å²) in [5.74, 6) is 1.77. The lowest BCUT2D eigenvalue weighted by molar-refractivity contribution is 0.414. The summed E-state index contributed by atoms with van der Waals surface area (Å²) in [6.07, 6.45) is 0.917. The van der Waals surface area contributed by atoms with E-state index in [9.17, 15) is 0 Å². The van der Waals surface area contributed by atoms with Crippen molar-refractivity contribution in [1.82, 2.24) is 15.2 Å². The van der Waals surface area contributed by atoms with E-state index in [2.05, 4.69) is 37.7 Å². The molecule has 0 atom stereocenters. The van der Waals surface area contributed by atoms with Crippen molar-refractivity contribution in [2.45, 2.75) is 19.9 Å². The SMILES string of the molecule is CN=C(NCCc1cccc(OC)c1)N(C)Cc1csc(C)n1.I. The predicted molar refractivity (Wildman–Crippen MR) is 112 cm³/mol. The molecule has 2 rings (SSSR count). The Morgan fingerprint density at radius 3 is 2.83 bits per heavy atom. The smallest absolute Gasteiger partial charge is 0.193 e. The number of aliphatic imine (C=N–C) groups is 1. The number of nitrogens with one attached hydrogen (secondary N) is 1. The first kappa shape index (κ1) is 20.7. The van der Waals surface area contributed by atoms with Gasteiger partial charge in [0, 0.05) is 26.0 Å². The van der Waals surface area contributed by atoms with Crippen LogP contribution in [0.2, 0.25) is 0 Å². The highest BCUT2D eigenvalue weighted by atomic mass is 127. The van der Waals surface area contributed by atoms with Crippen molar-refractivity contribution in [3.05, 3.63) is 45.9 Å². The zero-order valence-electron chi connectivity index (χ0n) is 14.6.